The standard InChI is InChI=1S/C17H17NS.C15H12.C2H6.H3NS/c1-12(18)19-11-14-10-13-6-2-3-7-15(13)17-9-5-4-8-16(14)17;1-11-10-12-6-2-3-8-14(12)15-9-5-4-7-13(11)15;2*1-2/h2-3,5-7,9-10H,1,4,8,11,18H2;2-10H,1H3;1-2H3;2H,1H2. The number of hydrogen-bond acceptors (Lipinski definition) is 4. The summed E-state index contributed by atoms with van der Waals surface area (Å²) in [6.07, 6.45) is 6.80. The lowest BCUT2D eigenvalue weighted by atomic mass is 9.89. The van der Waals surface area contributed by atoms with E-state index in [-0.39, 0.29) is 0 Å². The minimum absolute atomic E-state index is 0.688. The number of benzene rings is 5. The summed E-state index contributed by atoms with van der Waals surface area (Å²) in [6.45, 7) is 9.95. The Balaban J connectivity index is 0.000000190. The van der Waals surface area contributed by atoms with Crippen molar-refractivity contribution in [3.8, 4) is 0 Å². The second-order valence-electron chi connectivity index (χ2n) is 8.81. The van der Waals surface area contributed by atoms with E-state index in [0.29, 0.717) is 5.03 Å². The Kier molecular flexibility index (Phi) is 11.3. The first-order valence-electron chi connectivity index (χ1n) is 13.0. The van der Waals surface area contributed by atoms with Crippen molar-refractivity contribution >= 4 is 63.0 Å². The summed E-state index contributed by atoms with van der Waals surface area (Å²) < 4.78 is 0. The molecular formula is C34H38N2S2. The molecular weight excluding hydrogens is 501 g/mol. The zero-order chi connectivity index (χ0) is 27.5. The molecule has 0 unspecified atom stereocenters. The molecule has 0 atom stereocenters. The van der Waals surface area contributed by atoms with Gasteiger partial charge in [0.15, 0.2) is 0 Å². The van der Waals surface area contributed by atoms with E-state index < -0.39 is 0 Å². The molecule has 0 saturated heterocycles. The van der Waals surface area contributed by atoms with Crippen molar-refractivity contribution in [3.05, 3.63) is 125 Å². The van der Waals surface area contributed by atoms with Crippen LogP contribution in [0.4, 0.5) is 0 Å². The fraction of sp³-hybridized carbons (Fsp3) is 0.176. The SMILES string of the molecule is C=C(N)SCc1cc2ccccc2c2c1CCC=C2.CC.Cc1cc2ccccc2c2ccccc12.NS. The van der Waals surface area contributed by atoms with E-state index >= 15 is 0 Å². The Bertz CT molecular complexity index is 1550. The second kappa shape index (κ2) is 14.7. The zero-order valence-corrected chi connectivity index (χ0v) is 24.3. The van der Waals surface area contributed by atoms with Crippen LogP contribution in [-0.2, 0) is 12.2 Å². The summed E-state index contributed by atoms with van der Waals surface area (Å²) in [5.41, 5.74) is 11.3. The minimum atomic E-state index is 0.688. The van der Waals surface area contributed by atoms with Crippen LogP contribution in [0.3, 0.4) is 0 Å². The van der Waals surface area contributed by atoms with Crippen LogP contribution in [0.1, 0.15) is 42.5 Å². The molecule has 0 aromatic heterocycles. The van der Waals surface area contributed by atoms with Gasteiger partial charge in [-0.1, -0.05) is 111 Å². The number of aryl methyl sites for hydroxylation is 1. The molecule has 0 bridgehead atoms. The average Bonchev–Trinajstić information content (AvgIpc) is 2.98. The van der Waals surface area contributed by atoms with E-state index in [4.69, 9.17) is 5.73 Å². The Labute approximate surface area is 237 Å². The van der Waals surface area contributed by atoms with Crippen LogP contribution in [0.5, 0.6) is 0 Å². The van der Waals surface area contributed by atoms with Gasteiger partial charge in [0, 0.05) is 5.75 Å². The summed E-state index contributed by atoms with van der Waals surface area (Å²) in [6, 6.07) is 30.3. The summed E-state index contributed by atoms with van der Waals surface area (Å²) in [7, 11) is 0. The lowest BCUT2D eigenvalue weighted by Gasteiger charge is -2.18. The molecule has 6 rings (SSSR count). The van der Waals surface area contributed by atoms with Crippen LogP contribution in [0.25, 0.3) is 38.4 Å². The molecule has 4 heteroatoms. The number of fused-ring (bicyclic) bond motifs is 6. The van der Waals surface area contributed by atoms with E-state index in [9.17, 15) is 0 Å². The molecule has 4 N–H and O–H groups in total. The molecule has 1 aliphatic rings. The predicted molar refractivity (Wildman–Crippen MR) is 177 cm³/mol. The molecule has 38 heavy (non-hydrogen) atoms. The molecule has 0 amide bonds. The summed E-state index contributed by atoms with van der Waals surface area (Å²) >= 11 is 4.65. The molecule has 0 heterocycles. The third-order valence-corrected chi connectivity index (χ3v) is 7.35. The van der Waals surface area contributed by atoms with Gasteiger partial charge in [-0.2, -0.15) is 0 Å². The molecule has 1 aliphatic carbocycles. The summed E-state index contributed by atoms with van der Waals surface area (Å²) in [4.78, 5) is 0. The van der Waals surface area contributed by atoms with Crippen molar-refractivity contribution in [1.29, 1.82) is 0 Å². The maximum Gasteiger partial charge on any atom is 0.0585 e. The molecule has 5 aromatic rings. The van der Waals surface area contributed by atoms with Crippen LogP contribution < -0.4 is 10.9 Å². The van der Waals surface area contributed by atoms with Gasteiger partial charge in [-0.15, -0.1) is 24.6 Å². The first-order chi connectivity index (χ1) is 18.6. The van der Waals surface area contributed by atoms with Crippen LogP contribution in [0.2, 0.25) is 0 Å². The molecule has 2 nitrogen and oxygen atoms in total. The molecule has 0 saturated carbocycles. The highest BCUT2D eigenvalue weighted by Crippen LogP contribution is 2.33. The van der Waals surface area contributed by atoms with E-state index in [1.54, 1.807) is 11.8 Å². The number of rotatable bonds is 3. The number of nitrogens with two attached hydrogens (primary N) is 2. The Morgan fingerprint density at radius 3 is 2.03 bits per heavy atom. The molecule has 0 radical (unpaired) electrons. The van der Waals surface area contributed by atoms with Crippen LogP contribution in [-0.4, -0.2) is 0 Å². The normalized spacial score (nSPS) is 11.4. The van der Waals surface area contributed by atoms with Crippen molar-refractivity contribution in [3.63, 3.8) is 0 Å². The predicted octanol–water partition coefficient (Wildman–Crippen LogP) is 9.58. The summed E-state index contributed by atoms with van der Waals surface area (Å²) in [5.74, 6) is 0.913. The Morgan fingerprint density at radius 2 is 1.37 bits per heavy atom. The largest absolute Gasteiger partial charge is 0.394 e. The molecule has 196 valence electrons. The van der Waals surface area contributed by atoms with E-state index in [2.05, 4.69) is 129 Å². The first-order valence-corrected chi connectivity index (χ1v) is 14.5. The van der Waals surface area contributed by atoms with Crippen LogP contribution in [0, 0.1) is 6.92 Å². The Hall–Kier alpha value is -3.18. The maximum atomic E-state index is 5.68. The van der Waals surface area contributed by atoms with E-state index in [1.807, 2.05) is 13.8 Å². The highest BCUT2D eigenvalue weighted by atomic mass is 32.2. The molecule has 5 aromatic carbocycles. The number of allylic oxidation sites excluding steroid dienone is 1. The third-order valence-electron chi connectivity index (χ3n) is 6.53. The Morgan fingerprint density at radius 1 is 0.816 bits per heavy atom. The van der Waals surface area contributed by atoms with Gasteiger partial charge < -0.3 is 5.73 Å². The second-order valence-corrected chi connectivity index (χ2v) is 9.91. The smallest absolute Gasteiger partial charge is 0.0585 e. The maximum absolute atomic E-state index is 5.68. The van der Waals surface area contributed by atoms with Gasteiger partial charge in [-0.05, 0) is 80.4 Å². The molecule has 0 aliphatic heterocycles. The number of hydrogen-bond donors (Lipinski definition) is 3. The van der Waals surface area contributed by atoms with Crippen molar-refractivity contribution in [2.45, 2.75) is 39.4 Å². The van der Waals surface area contributed by atoms with Gasteiger partial charge in [0.25, 0.3) is 0 Å². The van der Waals surface area contributed by atoms with Gasteiger partial charge in [-0.3, -0.25) is 5.14 Å². The van der Waals surface area contributed by atoms with Gasteiger partial charge in [0.1, 0.15) is 0 Å². The quantitative estimate of drug-likeness (QED) is 0.158. The molecule has 0 fully saturated rings. The lowest BCUT2D eigenvalue weighted by molar-refractivity contribution is 0.973. The van der Waals surface area contributed by atoms with Gasteiger partial charge in [0.05, 0.1) is 5.03 Å². The van der Waals surface area contributed by atoms with Gasteiger partial charge in [-0.25, -0.2) is 0 Å². The lowest BCUT2D eigenvalue weighted by Crippen LogP contribution is -2.01. The van der Waals surface area contributed by atoms with Crippen LogP contribution in [0.15, 0.2) is 103 Å². The third kappa shape index (κ3) is 6.82. The van der Waals surface area contributed by atoms with Gasteiger partial charge in [0.2, 0.25) is 0 Å². The number of thiol groups is 1. The van der Waals surface area contributed by atoms with E-state index in [0.717, 1.165) is 18.6 Å². The fourth-order valence-corrected chi connectivity index (χ4v) is 5.53. The van der Waals surface area contributed by atoms with Gasteiger partial charge >= 0.3 is 0 Å². The first kappa shape index (κ1) is 29.4. The average molecular weight is 539 g/mol. The van der Waals surface area contributed by atoms with Crippen molar-refractivity contribution in [1.82, 2.24) is 0 Å². The minimum Gasteiger partial charge on any atom is -0.394 e. The highest BCUT2D eigenvalue weighted by molar-refractivity contribution is 8.02. The fourth-order valence-electron chi connectivity index (χ4n) is 4.93. The topological polar surface area (TPSA) is 52.0 Å². The van der Waals surface area contributed by atoms with Crippen LogP contribution >= 0.6 is 24.6 Å². The van der Waals surface area contributed by atoms with Crippen molar-refractivity contribution < 1.29 is 0 Å². The monoisotopic (exact) mass is 538 g/mol. The zero-order valence-electron chi connectivity index (χ0n) is 22.6. The molecule has 0 spiro atoms. The highest BCUT2D eigenvalue weighted by Gasteiger charge is 2.13. The summed E-state index contributed by atoms with van der Waals surface area (Å²) in [5, 5.41) is 12.9. The van der Waals surface area contributed by atoms with Crippen molar-refractivity contribution in [2.75, 3.05) is 0 Å². The van der Waals surface area contributed by atoms with Crippen molar-refractivity contribution in [2.24, 2.45) is 10.9 Å². The number of thioether (sulfide) groups is 1. The van der Waals surface area contributed by atoms with E-state index in [1.165, 1.54) is 54.6 Å².